The number of methoxy groups -OCH3 is 1. The van der Waals surface area contributed by atoms with Crippen LogP contribution in [0.15, 0.2) is 21.1 Å². The number of hydrogen-bond donors (Lipinski definition) is 1. The third-order valence-corrected chi connectivity index (χ3v) is 4.48. The summed E-state index contributed by atoms with van der Waals surface area (Å²) in [6.07, 6.45) is 2.26. The highest BCUT2D eigenvalue weighted by Gasteiger charge is 2.27. The summed E-state index contributed by atoms with van der Waals surface area (Å²) in [5, 5.41) is 3.60. The second-order valence-corrected chi connectivity index (χ2v) is 6.92. The van der Waals surface area contributed by atoms with Gasteiger partial charge in [-0.15, -0.1) is 0 Å². The van der Waals surface area contributed by atoms with Crippen molar-refractivity contribution < 1.29 is 9.47 Å². The van der Waals surface area contributed by atoms with E-state index in [9.17, 15) is 0 Å². The van der Waals surface area contributed by atoms with Gasteiger partial charge in [0.1, 0.15) is 5.75 Å². The molecule has 1 unspecified atom stereocenters. The molecule has 2 rings (SSSR count). The van der Waals surface area contributed by atoms with Gasteiger partial charge in [0.2, 0.25) is 0 Å². The fourth-order valence-electron chi connectivity index (χ4n) is 2.36. The van der Waals surface area contributed by atoms with Crippen LogP contribution in [0.4, 0.5) is 0 Å². The lowest BCUT2D eigenvalue weighted by molar-refractivity contribution is 0.0277. The lowest BCUT2D eigenvalue weighted by Crippen LogP contribution is -2.48. The van der Waals surface area contributed by atoms with Crippen molar-refractivity contribution in [1.29, 1.82) is 0 Å². The van der Waals surface area contributed by atoms with E-state index in [1.54, 1.807) is 7.11 Å². The van der Waals surface area contributed by atoms with E-state index in [1.807, 2.05) is 6.07 Å². The molecule has 0 aromatic heterocycles. The van der Waals surface area contributed by atoms with Crippen molar-refractivity contribution in [2.24, 2.45) is 0 Å². The molecular weight excluding hydrogens is 374 g/mol. The highest BCUT2D eigenvalue weighted by atomic mass is 79.9. The second-order valence-electron chi connectivity index (χ2n) is 5.15. The molecule has 19 heavy (non-hydrogen) atoms. The average molecular weight is 393 g/mol. The third-order valence-electron chi connectivity index (χ3n) is 3.43. The van der Waals surface area contributed by atoms with E-state index in [1.165, 1.54) is 0 Å². The van der Waals surface area contributed by atoms with Gasteiger partial charge >= 0.3 is 0 Å². The lowest BCUT2D eigenvalue weighted by Gasteiger charge is -2.34. The van der Waals surface area contributed by atoms with Crippen molar-refractivity contribution in [2.45, 2.75) is 31.8 Å². The predicted octanol–water partition coefficient (Wildman–Crippen LogP) is 3.88. The summed E-state index contributed by atoms with van der Waals surface area (Å²) in [6.45, 7) is 4.63. The SMILES string of the molecule is COc1c(Br)cc(Br)cc1CNC1(C)CCCOC1. The standard InChI is InChI=1S/C14H19Br2NO2/c1-14(4-3-5-19-9-14)17-8-10-6-11(15)7-12(16)13(10)18-2/h6-7,17H,3-5,8-9H2,1-2H3. The number of nitrogens with one attached hydrogen (secondary N) is 1. The number of benzene rings is 1. The van der Waals surface area contributed by atoms with Crippen molar-refractivity contribution in [3.05, 3.63) is 26.6 Å². The Hall–Kier alpha value is -0.100. The minimum Gasteiger partial charge on any atom is -0.495 e. The van der Waals surface area contributed by atoms with Crippen LogP contribution >= 0.6 is 31.9 Å². The Morgan fingerprint density at radius 1 is 1.42 bits per heavy atom. The molecule has 0 spiro atoms. The van der Waals surface area contributed by atoms with E-state index < -0.39 is 0 Å². The maximum absolute atomic E-state index is 5.57. The van der Waals surface area contributed by atoms with Crippen molar-refractivity contribution in [1.82, 2.24) is 5.32 Å². The molecule has 0 amide bonds. The molecule has 0 radical (unpaired) electrons. The van der Waals surface area contributed by atoms with E-state index in [0.29, 0.717) is 0 Å². The van der Waals surface area contributed by atoms with Gasteiger partial charge in [-0.05, 0) is 47.8 Å². The molecule has 1 N–H and O–H groups in total. The number of hydrogen-bond acceptors (Lipinski definition) is 3. The van der Waals surface area contributed by atoms with Crippen LogP contribution in [-0.4, -0.2) is 25.9 Å². The Bertz CT molecular complexity index is 445. The Morgan fingerprint density at radius 2 is 2.21 bits per heavy atom. The normalized spacial score (nSPS) is 23.4. The summed E-state index contributed by atoms with van der Waals surface area (Å²) >= 11 is 7.05. The van der Waals surface area contributed by atoms with Crippen molar-refractivity contribution in [3.63, 3.8) is 0 Å². The van der Waals surface area contributed by atoms with Crippen molar-refractivity contribution >= 4 is 31.9 Å². The Balaban J connectivity index is 2.10. The molecule has 1 aromatic carbocycles. The van der Waals surface area contributed by atoms with Gasteiger partial charge < -0.3 is 14.8 Å². The topological polar surface area (TPSA) is 30.5 Å². The molecule has 1 aliphatic rings. The first-order chi connectivity index (χ1) is 9.04. The minimum atomic E-state index is 0.0536. The van der Waals surface area contributed by atoms with Gasteiger partial charge in [0.15, 0.2) is 0 Å². The summed E-state index contributed by atoms with van der Waals surface area (Å²) in [7, 11) is 1.70. The van der Waals surface area contributed by atoms with E-state index in [4.69, 9.17) is 9.47 Å². The van der Waals surface area contributed by atoms with Gasteiger partial charge in [-0.25, -0.2) is 0 Å². The molecule has 1 aliphatic heterocycles. The van der Waals surface area contributed by atoms with E-state index in [-0.39, 0.29) is 5.54 Å². The zero-order valence-corrected chi connectivity index (χ0v) is 14.4. The van der Waals surface area contributed by atoms with Crippen molar-refractivity contribution in [3.8, 4) is 5.75 Å². The van der Waals surface area contributed by atoms with E-state index in [0.717, 1.165) is 52.9 Å². The third kappa shape index (κ3) is 3.94. The fourth-order valence-corrected chi connectivity index (χ4v) is 3.83. The molecule has 0 bridgehead atoms. The second kappa shape index (κ2) is 6.57. The smallest absolute Gasteiger partial charge is 0.137 e. The van der Waals surface area contributed by atoms with Gasteiger partial charge in [0, 0.05) is 28.7 Å². The lowest BCUT2D eigenvalue weighted by atomic mass is 9.94. The fraction of sp³-hybridized carbons (Fsp3) is 0.571. The molecule has 1 fully saturated rings. The van der Waals surface area contributed by atoms with Crippen LogP contribution in [0.1, 0.15) is 25.3 Å². The molecule has 0 aliphatic carbocycles. The quantitative estimate of drug-likeness (QED) is 0.843. The predicted molar refractivity (Wildman–Crippen MR) is 83.7 cm³/mol. The maximum atomic E-state index is 5.57. The van der Waals surface area contributed by atoms with Crippen LogP contribution in [-0.2, 0) is 11.3 Å². The first-order valence-corrected chi connectivity index (χ1v) is 7.97. The molecule has 3 nitrogen and oxygen atoms in total. The van der Waals surface area contributed by atoms with Gasteiger partial charge in [0.25, 0.3) is 0 Å². The molecule has 1 heterocycles. The summed E-state index contributed by atoms with van der Waals surface area (Å²) < 4.78 is 13.0. The number of halogens is 2. The van der Waals surface area contributed by atoms with Crippen LogP contribution in [0.25, 0.3) is 0 Å². The molecule has 106 valence electrons. The Kier molecular flexibility index (Phi) is 5.29. The summed E-state index contributed by atoms with van der Waals surface area (Å²) in [5.41, 5.74) is 1.19. The summed E-state index contributed by atoms with van der Waals surface area (Å²) in [4.78, 5) is 0. The summed E-state index contributed by atoms with van der Waals surface area (Å²) in [5.74, 6) is 0.885. The van der Waals surface area contributed by atoms with Crippen LogP contribution in [0.5, 0.6) is 5.75 Å². The monoisotopic (exact) mass is 391 g/mol. The van der Waals surface area contributed by atoms with E-state index in [2.05, 4.69) is 50.2 Å². The number of rotatable bonds is 4. The van der Waals surface area contributed by atoms with Gasteiger partial charge in [-0.1, -0.05) is 15.9 Å². The highest BCUT2D eigenvalue weighted by Crippen LogP contribution is 2.33. The van der Waals surface area contributed by atoms with Crippen LogP contribution in [0, 0.1) is 0 Å². The molecule has 5 heteroatoms. The Labute approximate surface area is 131 Å². The van der Waals surface area contributed by atoms with Gasteiger partial charge in [-0.3, -0.25) is 0 Å². The highest BCUT2D eigenvalue weighted by molar-refractivity contribution is 9.11. The molecule has 1 atom stereocenters. The number of ether oxygens (including phenoxy) is 2. The molecule has 1 aromatic rings. The summed E-state index contributed by atoms with van der Waals surface area (Å²) in [6, 6.07) is 4.08. The zero-order valence-electron chi connectivity index (χ0n) is 11.3. The van der Waals surface area contributed by atoms with Crippen LogP contribution in [0.2, 0.25) is 0 Å². The van der Waals surface area contributed by atoms with E-state index >= 15 is 0 Å². The Morgan fingerprint density at radius 3 is 2.84 bits per heavy atom. The van der Waals surface area contributed by atoms with Gasteiger partial charge in [0.05, 0.1) is 18.2 Å². The molecular formula is C14H19Br2NO2. The zero-order chi connectivity index (χ0) is 13.9. The molecule has 1 saturated heterocycles. The average Bonchev–Trinajstić information content (AvgIpc) is 2.37. The van der Waals surface area contributed by atoms with Crippen LogP contribution < -0.4 is 10.1 Å². The first kappa shape index (κ1) is 15.3. The molecule has 0 saturated carbocycles. The maximum Gasteiger partial charge on any atom is 0.137 e. The van der Waals surface area contributed by atoms with Gasteiger partial charge in [-0.2, -0.15) is 0 Å². The first-order valence-electron chi connectivity index (χ1n) is 6.39. The van der Waals surface area contributed by atoms with Crippen LogP contribution in [0.3, 0.4) is 0 Å². The van der Waals surface area contributed by atoms with Crippen molar-refractivity contribution in [2.75, 3.05) is 20.3 Å². The minimum absolute atomic E-state index is 0.0536. The largest absolute Gasteiger partial charge is 0.495 e.